The summed E-state index contributed by atoms with van der Waals surface area (Å²) in [4.78, 5) is 20.6. The Kier molecular flexibility index (Phi) is 3.63. The number of carbonyl (C=O) groups is 1. The normalized spacial score (nSPS) is 29.1. The van der Waals surface area contributed by atoms with Crippen LogP contribution in [0.4, 0.5) is 0 Å². The number of halogens is 2. The van der Waals surface area contributed by atoms with E-state index in [1.54, 1.807) is 15.5 Å². The first-order chi connectivity index (χ1) is 12.5. The van der Waals surface area contributed by atoms with Gasteiger partial charge in [-0.25, -0.2) is 4.99 Å². The molecule has 0 aliphatic carbocycles. The molecule has 1 saturated heterocycles. The number of aliphatic imine (C=N–C) groups is 1. The van der Waals surface area contributed by atoms with E-state index in [2.05, 4.69) is 37.2 Å². The van der Waals surface area contributed by atoms with Crippen LogP contribution in [0.25, 0.3) is 0 Å². The van der Waals surface area contributed by atoms with E-state index < -0.39 is 11.5 Å². The first-order valence-electron chi connectivity index (χ1n) is 8.19. The summed E-state index contributed by atoms with van der Waals surface area (Å²) in [7, 11) is 0. The minimum Gasteiger partial charge on any atom is -0.366 e. The van der Waals surface area contributed by atoms with Crippen LogP contribution in [-0.2, 0) is 5.79 Å². The Morgan fingerprint density at radius 2 is 2.04 bits per heavy atom. The maximum absolute atomic E-state index is 13.0. The van der Waals surface area contributed by atoms with Crippen molar-refractivity contribution in [3.05, 3.63) is 51.2 Å². The van der Waals surface area contributed by atoms with Gasteiger partial charge in [0.2, 0.25) is 5.72 Å². The zero-order valence-electron chi connectivity index (χ0n) is 13.4. The van der Waals surface area contributed by atoms with Crippen molar-refractivity contribution in [3.8, 4) is 0 Å². The summed E-state index contributed by atoms with van der Waals surface area (Å²) in [5.74, 6) is -1.33. The molecular weight excluding hydrogens is 484 g/mol. The number of thioether (sulfide) groups is 1. The predicted molar refractivity (Wildman–Crippen MR) is 106 cm³/mol. The molecule has 5 rings (SSSR count). The molecule has 2 N–H and O–H groups in total. The van der Waals surface area contributed by atoms with E-state index >= 15 is 0 Å². The first-order valence-corrected chi connectivity index (χ1v) is 10.6. The van der Waals surface area contributed by atoms with Gasteiger partial charge >= 0.3 is 0 Å². The van der Waals surface area contributed by atoms with Crippen molar-refractivity contribution in [2.24, 2.45) is 4.99 Å². The van der Waals surface area contributed by atoms with Gasteiger partial charge in [-0.15, -0.1) is 0 Å². The Morgan fingerprint density at radius 1 is 1.27 bits per heavy atom. The van der Waals surface area contributed by atoms with Crippen LogP contribution in [0.2, 0.25) is 0 Å². The number of nitrogens with zero attached hydrogens (tertiary/aromatic N) is 3. The van der Waals surface area contributed by atoms with E-state index in [4.69, 9.17) is 4.99 Å². The minimum absolute atomic E-state index is 0.119. The Balaban J connectivity index is 1.68. The summed E-state index contributed by atoms with van der Waals surface area (Å²) in [6.07, 6.45) is 1.21. The molecule has 6 nitrogen and oxygen atoms in total. The van der Waals surface area contributed by atoms with E-state index in [0.717, 1.165) is 9.37 Å². The van der Waals surface area contributed by atoms with E-state index in [1.807, 2.05) is 30.3 Å². The van der Waals surface area contributed by atoms with Crippen molar-refractivity contribution in [3.63, 3.8) is 0 Å². The molecule has 0 bridgehead atoms. The van der Waals surface area contributed by atoms with Crippen LogP contribution in [0.5, 0.6) is 0 Å². The van der Waals surface area contributed by atoms with Crippen LogP contribution in [0, 0.1) is 0 Å². The van der Waals surface area contributed by atoms with Crippen LogP contribution in [-0.4, -0.2) is 37.9 Å². The highest BCUT2D eigenvalue weighted by molar-refractivity contribution is 9.13. The first kappa shape index (κ1) is 16.9. The van der Waals surface area contributed by atoms with Gasteiger partial charge in [0.05, 0.1) is 4.47 Å². The number of nitrogens with one attached hydrogen (secondary N) is 1. The van der Waals surface area contributed by atoms with Gasteiger partial charge in [0, 0.05) is 17.9 Å². The summed E-state index contributed by atoms with van der Waals surface area (Å²) in [6.45, 7) is 0.557. The summed E-state index contributed by atoms with van der Waals surface area (Å²) < 4.78 is 3.26. The van der Waals surface area contributed by atoms with Crippen LogP contribution >= 0.6 is 43.6 Å². The molecule has 1 aromatic carbocycles. The summed E-state index contributed by atoms with van der Waals surface area (Å²) in [5.41, 5.74) is -0.842. The topological polar surface area (TPSA) is 69.9 Å². The highest BCUT2D eigenvalue weighted by atomic mass is 79.9. The van der Waals surface area contributed by atoms with Crippen LogP contribution < -0.4 is 5.32 Å². The number of hydrogen-bond acceptors (Lipinski definition) is 5. The Hall–Kier alpha value is -1.29. The average molecular weight is 498 g/mol. The molecule has 3 aliphatic rings. The molecule has 0 radical (unpaired) electrons. The molecule has 1 fully saturated rings. The monoisotopic (exact) mass is 496 g/mol. The van der Waals surface area contributed by atoms with Gasteiger partial charge in [-0.05, 0) is 56.5 Å². The SMILES string of the molecule is O=C1c2cc(Br)c(Br)n2[C@@]23N=C(Sc4ccccc4)N[C@]2(O)CCCN13. The van der Waals surface area contributed by atoms with E-state index in [0.29, 0.717) is 34.9 Å². The van der Waals surface area contributed by atoms with Crippen molar-refractivity contribution in [2.45, 2.75) is 29.2 Å². The van der Waals surface area contributed by atoms with Crippen molar-refractivity contribution in [1.82, 2.24) is 14.8 Å². The molecule has 26 heavy (non-hydrogen) atoms. The van der Waals surface area contributed by atoms with Gasteiger partial charge < -0.3 is 10.4 Å². The van der Waals surface area contributed by atoms with Crippen molar-refractivity contribution < 1.29 is 9.90 Å². The molecule has 1 amide bonds. The molecule has 1 spiro atoms. The second-order valence-corrected chi connectivity index (χ2v) is 9.18. The fraction of sp³-hybridized carbons (Fsp3) is 0.294. The number of aromatic nitrogens is 1. The molecule has 134 valence electrons. The summed E-state index contributed by atoms with van der Waals surface area (Å²) in [6, 6.07) is 11.6. The molecule has 2 atom stereocenters. The van der Waals surface area contributed by atoms with Crippen molar-refractivity contribution in [1.29, 1.82) is 0 Å². The molecule has 1 aromatic heterocycles. The van der Waals surface area contributed by atoms with Crippen LogP contribution in [0.3, 0.4) is 0 Å². The lowest BCUT2D eigenvalue weighted by Gasteiger charge is -2.47. The third kappa shape index (κ3) is 2.02. The van der Waals surface area contributed by atoms with Crippen molar-refractivity contribution in [2.75, 3.05) is 6.54 Å². The number of rotatable bonds is 1. The molecule has 4 heterocycles. The summed E-state index contributed by atoms with van der Waals surface area (Å²) >= 11 is 8.48. The Labute approximate surface area is 170 Å². The number of fused-ring (bicyclic) bond motifs is 1. The maximum Gasteiger partial charge on any atom is 0.274 e. The number of hydrogen-bond donors (Lipinski definition) is 2. The lowest BCUT2D eigenvalue weighted by atomic mass is 9.94. The second kappa shape index (κ2) is 5.60. The number of amides is 1. The van der Waals surface area contributed by atoms with Crippen LogP contribution in [0.15, 0.2) is 55.4 Å². The molecule has 9 heteroatoms. The zero-order chi connectivity index (χ0) is 18.1. The van der Waals surface area contributed by atoms with Crippen molar-refractivity contribution >= 4 is 54.7 Å². The third-order valence-electron chi connectivity index (χ3n) is 5.05. The van der Waals surface area contributed by atoms with Crippen LogP contribution in [0.1, 0.15) is 23.3 Å². The fourth-order valence-corrected chi connectivity index (χ4v) is 5.85. The fourth-order valence-electron chi connectivity index (χ4n) is 3.99. The predicted octanol–water partition coefficient (Wildman–Crippen LogP) is 3.31. The molecule has 3 aliphatic heterocycles. The number of benzene rings is 1. The summed E-state index contributed by atoms with van der Waals surface area (Å²) in [5, 5.41) is 15.3. The lowest BCUT2D eigenvalue weighted by Crippen LogP contribution is -2.67. The van der Waals surface area contributed by atoms with E-state index in [9.17, 15) is 9.90 Å². The van der Waals surface area contributed by atoms with Gasteiger partial charge in [-0.1, -0.05) is 30.0 Å². The standard InChI is InChI=1S/C17H14Br2N4O2S/c18-11-9-12-14(24)22-8-4-7-16(25)17(22,23(12)13(11)19)21-15(20-16)26-10-5-2-1-3-6-10/h1-3,5-6,9,25H,4,7-8H2,(H,20,21)/t16-,17+/m0/s1. The number of piperidine rings is 1. The van der Waals surface area contributed by atoms with Gasteiger partial charge in [0.1, 0.15) is 10.3 Å². The lowest BCUT2D eigenvalue weighted by molar-refractivity contribution is -0.157. The third-order valence-corrected chi connectivity index (χ3v) is 7.87. The number of aliphatic hydroxyl groups is 1. The second-order valence-electron chi connectivity index (χ2n) is 6.52. The van der Waals surface area contributed by atoms with E-state index in [1.165, 1.54) is 11.8 Å². The van der Waals surface area contributed by atoms with Gasteiger partial charge in [-0.3, -0.25) is 14.3 Å². The number of amidine groups is 1. The molecule has 2 aromatic rings. The van der Waals surface area contributed by atoms with Gasteiger partial charge in [-0.2, -0.15) is 0 Å². The smallest absolute Gasteiger partial charge is 0.274 e. The minimum atomic E-state index is -1.36. The maximum atomic E-state index is 13.0. The highest BCUT2D eigenvalue weighted by Gasteiger charge is 2.68. The highest BCUT2D eigenvalue weighted by Crippen LogP contribution is 2.53. The molecule has 0 unspecified atom stereocenters. The quantitative estimate of drug-likeness (QED) is 0.634. The number of carbonyl (C=O) groups excluding carboxylic acids is 1. The Bertz CT molecular complexity index is 963. The zero-order valence-corrected chi connectivity index (χ0v) is 17.4. The molecule has 0 saturated carbocycles. The average Bonchev–Trinajstić information content (AvgIpc) is 3.16. The Morgan fingerprint density at radius 3 is 2.81 bits per heavy atom. The molecular formula is C17H14Br2N4O2S. The van der Waals surface area contributed by atoms with Gasteiger partial charge in [0.15, 0.2) is 5.17 Å². The van der Waals surface area contributed by atoms with Gasteiger partial charge in [0.25, 0.3) is 11.7 Å². The van der Waals surface area contributed by atoms with E-state index in [-0.39, 0.29) is 5.91 Å². The largest absolute Gasteiger partial charge is 0.366 e.